The molecular weight excluding hydrogens is 390 g/mol. The lowest BCUT2D eigenvalue weighted by Gasteiger charge is -2.14. The molecule has 4 nitrogen and oxygen atoms in total. The van der Waals surface area contributed by atoms with Gasteiger partial charge in [-0.3, -0.25) is 9.48 Å². The lowest BCUT2D eigenvalue weighted by molar-refractivity contribution is -0.124. The Morgan fingerprint density at radius 2 is 2.00 bits per heavy atom. The highest BCUT2D eigenvalue weighted by molar-refractivity contribution is 7.99. The zero-order valence-corrected chi connectivity index (χ0v) is 17.9. The quantitative estimate of drug-likeness (QED) is 0.465. The number of nitrogens with one attached hydrogen (secondary N) is 1. The minimum Gasteiger partial charge on any atom is -0.354 e. The average molecular weight is 416 g/mol. The monoisotopic (exact) mass is 415 g/mol. The summed E-state index contributed by atoms with van der Waals surface area (Å²) in [6.07, 6.45) is 2.17. The number of halogens is 1. The first kappa shape index (κ1) is 20.7. The van der Waals surface area contributed by atoms with Crippen LogP contribution in [-0.4, -0.2) is 33.7 Å². The minimum absolute atomic E-state index is 0.0144. The lowest BCUT2D eigenvalue weighted by Crippen LogP contribution is -2.32. The molecule has 0 radical (unpaired) electrons. The highest BCUT2D eigenvalue weighted by atomic mass is 35.5. The van der Waals surface area contributed by atoms with E-state index in [-0.39, 0.29) is 5.91 Å². The van der Waals surface area contributed by atoms with Crippen molar-refractivity contribution in [3.63, 3.8) is 0 Å². The molecule has 0 unspecified atom stereocenters. The summed E-state index contributed by atoms with van der Waals surface area (Å²) in [6.45, 7) is 4.76. The van der Waals surface area contributed by atoms with Gasteiger partial charge in [0.05, 0.1) is 5.52 Å². The van der Waals surface area contributed by atoms with Crippen LogP contribution in [0.25, 0.3) is 22.2 Å². The summed E-state index contributed by atoms with van der Waals surface area (Å²) in [5, 5.41) is 9.44. The number of carbonyl (C=O) groups excluding carboxylic acids is 1. The van der Waals surface area contributed by atoms with E-state index in [1.165, 1.54) is 12.2 Å². The molecule has 1 amide bonds. The number of thioether (sulfide) groups is 1. The Bertz CT molecular complexity index is 926. The van der Waals surface area contributed by atoms with Crippen LogP contribution < -0.4 is 5.32 Å². The van der Waals surface area contributed by atoms with Crippen molar-refractivity contribution in [1.82, 2.24) is 15.1 Å². The van der Waals surface area contributed by atoms with Gasteiger partial charge in [-0.1, -0.05) is 48.9 Å². The maximum Gasteiger partial charge on any atom is 0.244 e. The molecule has 2 aromatic carbocycles. The third kappa shape index (κ3) is 4.89. The number of fused-ring (bicyclic) bond motifs is 1. The fourth-order valence-corrected chi connectivity index (χ4v) is 4.12. The summed E-state index contributed by atoms with van der Waals surface area (Å²) in [5.74, 6) is 2.23. The molecule has 0 aliphatic heterocycles. The van der Waals surface area contributed by atoms with Crippen LogP contribution in [0.1, 0.15) is 32.7 Å². The lowest BCUT2D eigenvalue weighted by atomic mass is 10.1. The molecule has 0 aliphatic rings. The smallest absolute Gasteiger partial charge is 0.244 e. The molecule has 0 fully saturated rings. The Morgan fingerprint density at radius 1 is 1.21 bits per heavy atom. The SMILES string of the molecule is CCCSCCCNC(=O)[C@@H](C)n1nc(-c2ccccc2)c2cc(Cl)ccc21. The number of hydrogen-bond donors (Lipinski definition) is 1. The van der Waals surface area contributed by atoms with Gasteiger partial charge in [0.25, 0.3) is 0 Å². The molecule has 148 valence electrons. The predicted molar refractivity (Wildman–Crippen MR) is 120 cm³/mol. The van der Waals surface area contributed by atoms with Crippen molar-refractivity contribution in [2.24, 2.45) is 0 Å². The number of benzene rings is 2. The standard InChI is InChI=1S/C22H26ClN3OS/c1-3-13-28-14-7-12-24-22(27)16(2)26-20-11-10-18(23)15-19(20)21(25-26)17-8-5-4-6-9-17/h4-6,8-11,15-16H,3,7,12-14H2,1-2H3,(H,24,27)/t16-/m1/s1. The van der Waals surface area contributed by atoms with Gasteiger partial charge in [-0.25, -0.2) is 0 Å². The van der Waals surface area contributed by atoms with Gasteiger partial charge in [0, 0.05) is 22.5 Å². The van der Waals surface area contributed by atoms with Crippen LogP contribution in [0.3, 0.4) is 0 Å². The van der Waals surface area contributed by atoms with Crippen molar-refractivity contribution >= 4 is 40.2 Å². The molecule has 0 bridgehead atoms. The third-order valence-electron chi connectivity index (χ3n) is 4.57. The van der Waals surface area contributed by atoms with E-state index >= 15 is 0 Å². The van der Waals surface area contributed by atoms with Crippen LogP contribution in [0.5, 0.6) is 0 Å². The topological polar surface area (TPSA) is 46.9 Å². The van der Waals surface area contributed by atoms with Gasteiger partial charge in [0.15, 0.2) is 0 Å². The molecule has 0 saturated carbocycles. The number of rotatable bonds is 9. The summed E-state index contributed by atoms with van der Waals surface area (Å²) in [6, 6.07) is 15.3. The van der Waals surface area contributed by atoms with Crippen molar-refractivity contribution in [3.05, 3.63) is 53.6 Å². The van der Waals surface area contributed by atoms with E-state index < -0.39 is 6.04 Å². The van der Waals surface area contributed by atoms with E-state index in [0.29, 0.717) is 11.6 Å². The highest BCUT2D eigenvalue weighted by Crippen LogP contribution is 2.31. The number of nitrogens with zero attached hydrogens (tertiary/aromatic N) is 2. The summed E-state index contributed by atoms with van der Waals surface area (Å²) in [4.78, 5) is 12.7. The van der Waals surface area contributed by atoms with E-state index in [4.69, 9.17) is 16.7 Å². The van der Waals surface area contributed by atoms with Crippen molar-refractivity contribution < 1.29 is 4.79 Å². The maximum absolute atomic E-state index is 12.7. The second-order valence-corrected chi connectivity index (χ2v) is 8.41. The van der Waals surface area contributed by atoms with Crippen LogP contribution >= 0.6 is 23.4 Å². The van der Waals surface area contributed by atoms with Crippen LogP contribution in [-0.2, 0) is 4.79 Å². The normalized spacial score (nSPS) is 12.2. The van der Waals surface area contributed by atoms with Crippen LogP contribution in [0.4, 0.5) is 0 Å². The average Bonchev–Trinajstić information content (AvgIpc) is 3.09. The summed E-state index contributed by atoms with van der Waals surface area (Å²) in [7, 11) is 0. The molecule has 6 heteroatoms. The molecule has 1 atom stereocenters. The molecule has 1 aromatic heterocycles. The Labute approximate surface area is 175 Å². The van der Waals surface area contributed by atoms with E-state index in [2.05, 4.69) is 12.2 Å². The second-order valence-electron chi connectivity index (χ2n) is 6.75. The number of aromatic nitrogens is 2. The van der Waals surface area contributed by atoms with Gasteiger partial charge in [-0.15, -0.1) is 0 Å². The largest absolute Gasteiger partial charge is 0.354 e. The van der Waals surface area contributed by atoms with E-state index in [0.717, 1.165) is 34.3 Å². The highest BCUT2D eigenvalue weighted by Gasteiger charge is 2.21. The molecule has 3 aromatic rings. The van der Waals surface area contributed by atoms with Crippen LogP contribution in [0.15, 0.2) is 48.5 Å². The van der Waals surface area contributed by atoms with Crippen molar-refractivity contribution in [3.8, 4) is 11.3 Å². The first-order chi connectivity index (χ1) is 13.6. The van der Waals surface area contributed by atoms with Crippen molar-refractivity contribution in [2.45, 2.75) is 32.7 Å². The number of amides is 1. The Morgan fingerprint density at radius 3 is 2.75 bits per heavy atom. The molecule has 0 spiro atoms. The predicted octanol–water partition coefficient (Wildman–Crippen LogP) is 5.57. The molecule has 1 heterocycles. The zero-order valence-electron chi connectivity index (χ0n) is 16.3. The zero-order chi connectivity index (χ0) is 19.9. The fraction of sp³-hybridized carbons (Fsp3) is 0.364. The summed E-state index contributed by atoms with van der Waals surface area (Å²) in [5.41, 5.74) is 2.76. The first-order valence-electron chi connectivity index (χ1n) is 9.70. The van der Waals surface area contributed by atoms with Gasteiger partial charge in [0.1, 0.15) is 11.7 Å². The van der Waals surface area contributed by atoms with Gasteiger partial charge in [-0.05, 0) is 49.5 Å². The Kier molecular flexibility index (Phi) is 7.40. The first-order valence-corrected chi connectivity index (χ1v) is 11.2. The molecule has 28 heavy (non-hydrogen) atoms. The maximum atomic E-state index is 12.7. The van der Waals surface area contributed by atoms with Crippen molar-refractivity contribution in [2.75, 3.05) is 18.1 Å². The summed E-state index contributed by atoms with van der Waals surface area (Å²) < 4.78 is 1.80. The van der Waals surface area contributed by atoms with Gasteiger partial charge in [0.2, 0.25) is 5.91 Å². The van der Waals surface area contributed by atoms with Gasteiger partial charge in [-0.2, -0.15) is 16.9 Å². The van der Waals surface area contributed by atoms with Crippen LogP contribution in [0, 0.1) is 0 Å². The van der Waals surface area contributed by atoms with Crippen LogP contribution in [0.2, 0.25) is 5.02 Å². The molecule has 0 aliphatic carbocycles. The molecular formula is C22H26ClN3OS. The second kappa shape index (κ2) is 9.99. The number of carbonyl (C=O) groups is 1. The Balaban J connectivity index is 1.79. The third-order valence-corrected chi connectivity index (χ3v) is 6.08. The van der Waals surface area contributed by atoms with E-state index in [1.807, 2.05) is 67.2 Å². The van der Waals surface area contributed by atoms with E-state index in [1.54, 1.807) is 4.68 Å². The molecule has 1 N–H and O–H groups in total. The molecule has 0 saturated heterocycles. The van der Waals surface area contributed by atoms with Gasteiger partial charge >= 0.3 is 0 Å². The number of hydrogen-bond acceptors (Lipinski definition) is 3. The summed E-state index contributed by atoms with van der Waals surface area (Å²) >= 11 is 8.16. The molecule has 3 rings (SSSR count). The minimum atomic E-state index is -0.399. The van der Waals surface area contributed by atoms with Gasteiger partial charge < -0.3 is 5.32 Å². The van der Waals surface area contributed by atoms with E-state index in [9.17, 15) is 4.79 Å². The fourth-order valence-electron chi connectivity index (χ4n) is 3.11. The van der Waals surface area contributed by atoms with Crippen molar-refractivity contribution in [1.29, 1.82) is 0 Å². The Hall–Kier alpha value is -1.98.